The minimum Gasteiger partial charge on any atom is -0.445 e. The third-order valence-corrected chi connectivity index (χ3v) is 4.51. The Morgan fingerprint density at radius 1 is 1.11 bits per heavy atom. The van der Waals surface area contributed by atoms with Crippen molar-refractivity contribution in [1.29, 1.82) is 0 Å². The van der Waals surface area contributed by atoms with Crippen molar-refractivity contribution in [2.75, 3.05) is 5.32 Å². The van der Waals surface area contributed by atoms with E-state index in [1.807, 2.05) is 44.2 Å². The zero-order valence-electron chi connectivity index (χ0n) is 15.8. The molecule has 0 aliphatic heterocycles. The molecule has 2 aromatic carbocycles. The van der Waals surface area contributed by atoms with Gasteiger partial charge in [0, 0.05) is 11.3 Å². The van der Waals surface area contributed by atoms with Crippen LogP contribution in [0.15, 0.2) is 48.5 Å². The highest BCUT2D eigenvalue weighted by atomic mass is 19.1. The van der Waals surface area contributed by atoms with Crippen molar-refractivity contribution in [3.8, 4) is 0 Å². The molecule has 0 unspecified atom stereocenters. The molecule has 0 saturated heterocycles. The van der Waals surface area contributed by atoms with Crippen molar-refractivity contribution in [2.45, 2.75) is 39.8 Å². The molecule has 2 aromatic rings. The van der Waals surface area contributed by atoms with Gasteiger partial charge in [-0.2, -0.15) is 0 Å². The maximum atomic E-state index is 13.7. The molecule has 2 N–H and O–H groups in total. The lowest BCUT2D eigenvalue weighted by molar-refractivity contribution is -0.119. The van der Waals surface area contributed by atoms with Gasteiger partial charge in [0.15, 0.2) is 0 Å². The third-order valence-electron chi connectivity index (χ3n) is 4.51. The van der Waals surface area contributed by atoms with Crippen LogP contribution in [0.1, 0.15) is 31.4 Å². The van der Waals surface area contributed by atoms with Crippen molar-refractivity contribution < 1.29 is 18.7 Å². The number of carbonyl (C=O) groups is 2. The Bertz CT molecular complexity index is 780. The first kappa shape index (κ1) is 20.4. The van der Waals surface area contributed by atoms with Crippen molar-refractivity contribution >= 4 is 17.7 Å². The van der Waals surface area contributed by atoms with Gasteiger partial charge in [0.25, 0.3) is 0 Å². The zero-order chi connectivity index (χ0) is 19.8. The first-order valence-electron chi connectivity index (χ1n) is 8.95. The minimum absolute atomic E-state index is 0.116. The molecule has 27 heavy (non-hydrogen) atoms. The lowest BCUT2D eigenvalue weighted by Gasteiger charge is -2.23. The summed E-state index contributed by atoms with van der Waals surface area (Å²) in [4.78, 5) is 24.8. The number of anilines is 1. The second kappa shape index (κ2) is 9.71. The summed E-state index contributed by atoms with van der Waals surface area (Å²) in [5.41, 5.74) is 1.58. The van der Waals surface area contributed by atoms with E-state index in [0.29, 0.717) is 17.7 Å². The molecule has 0 saturated carbocycles. The van der Waals surface area contributed by atoms with Crippen LogP contribution in [0.2, 0.25) is 0 Å². The van der Waals surface area contributed by atoms with E-state index in [0.717, 1.165) is 5.56 Å². The Balaban J connectivity index is 2.02. The molecule has 0 bridgehead atoms. The van der Waals surface area contributed by atoms with E-state index < -0.39 is 23.9 Å². The van der Waals surface area contributed by atoms with E-state index in [9.17, 15) is 14.0 Å². The van der Waals surface area contributed by atoms with E-state index >= 15 is 0 Å². The van der Waals surface area contributed by atoms with Gasteiger partial charge < -0.3 is 15.4 Å². The van der Waals surface area contributed by atoms with Crippen LogP contribution in [0.3, 0.4) is 0 Å². The van der Waals surface area contributed by atoms with Gasteiger partial charge >= 0.3 is 6.09 Å². The standard InChI is InChI=1S/C21H25FN2O3/c1-4-14(2)19(20(25)23-18-12-8-11-17(22)15(18)3)24-21(26)27-13-16-9-6-5-7-10-16/h5-12,14,19H,4,13H2,1-3H3,(H,23,25)(H,24,26)/t14-,19-/m0/s1. The molecule has 0 spiro atoms. The van der Waals surface area contributed by atoms with E-state index in [1.165, 1.54) is 12.1 Å². The molecule has 0 radical (unpaired) electrons. The quantitative estimate of drug-likeness (QED) is 0.756. The number of carbonyl (C=O) groups excluding carboxylic acids is 2. The largest absolute Gasteiger partial charge is 0.445 e. The molecule has 5 nitrogen and oxygen atoms in total. The number of amides is 2. The number of hydrogen-bond donors (Lipinski definition) is 2. The van der Waals surface area contributed by atoms with E-state index in [2.05, 4.69) is 10.6 Å². The first-order valence-corrected chi connectivity index (χ1v) is 8.95. The molecule has 0 heterocycles. The summed E-state index contributed by atoms with van der Waals surface area (Å²) < 4.78 is 18.9. The fourth-order valence-electron chi connectivity index (χ4n) is 2.55. The highest BCUT2D eigenvalue weighted by Crippen LogP contribution is 2.19. The van der Waals surface area contributed by atoms with E-state index in [1.54, 1.807) is 13.0 Å². The number of benzene rings is 2. The van der Waals surface area contributed by atoms with Crippen LogP contribution in [0.4, 0.5) is 14.9 Å². The predicted molar refractivity (Wildman–Crippen MR) is 103 cm³/mol. The molecular weight excluding hydrogens is 347 g/mol. The SMILES string of the molecule is CC[C@H](C)[C@H](NC(=O)OCc1ccccc1)C(=O)Nc1cccc(F)c1C. The zero-order valence-corrected chi connectivity index (χ0v) is 15.8. The van der Waals surface area contributed by atoms with Crippen LogP contribution in [0, 0.1) is 18.7 Å². The average molecular weight is 372 g/mol. The van der Waals surface area contributed by atoms with Gasteiger partial charge in [-0.05, 0) is 30.5 Å². The van der Waals surface area contributed by atoms with Crippen molar-refractivity contribution in [1.82, 2.24) is 5.32 Å². The Hall–Kier alpha value is -2.89. The second-order valence-corrected chi connectivity index (χ2v) is 6.47. The van der Waals surface area contributed by atoms with Gasteiger partial charge in [-0.3, -0.25) is 4.79 Å². The molecule has 0 aliphatic rings. The lowest BCUT2D eigenvalue weighted by Crippen LogP contribution is -2.47. The van der Waals surface area contributed by atoms with Gasteiger partial charge in [-0.15, -0.1) is 0 Å². The van der Waals surface area contributed by atoms with Gasteiger partial charge in [0.1, 0.15) is 18.5 Å². The molecule has 2 atom stereocenters. The topological polar surface area (TPSA) is 67.4 Å². The van der Waals surface area contributed by atoms with Gasteiger partial charge in [0.2, 0.25) is 5.91 Å². The summed E-state index contributed by atoms with van der Waals surface area (Å²) in [6.07, 6.45) is 0.00870. The Kier molecular flexibility index (Phi) is 7.34. The maximum Gasteiger partial charge on any atom is 0.408 e. The molecule has 144 valence electrons. The fourth-order valence-corrected chi connectivity index (χ4v) is 2.55. The molecule has 6 heteroatoms. The highest BCUT2D eigenvalue weighted by molar-refractivity contribution is 5.97. The second-order valence-electron chi connectivity index (χ2n) is 6.47. The number of hydrogen-bond acceptors (Lipinski definition) is 3. The number of rotatable bonds is 7. The molecule has 0 fully saturated rings. The van der Waals surface area contributed by atoms with Crippen molar-refractivity contribution in [2.24, 2.45) is 5.92 Å². The normalized spacial score (nSPS) is 12.7. The minimum atomic E-state index is -0.791. The number of alkyl carbamates (subject to hydrolysis) is 1. The van der Waals surface area contributed by atoms with Crippen LogP contribution in [-0.4, -0.2) is 18.0 Å². The molecular formula is C21H25FN2O3. The van der Waals surface area contributed by atoms with E-state index in [4.69, 9.17) is 4.74 Å². The summed E-state index contributed by atoms with van der Waals surface area (Å²) in [6.45, 7) is 5.49. The van der Waals surface area contributed by atoms with Crippen LogP contribution in [0.5, 0.6) is 0 Å². The number of halogens is 1. The van der Waals surface area contributed by atoms with Crippen LogP contribution < -0.4 is 10.6 Å². The summed E-state index contributed by atoms with van der Waals surface area (Å²) in [7, 11) is 0. The van der Waals surface area contributed by atoms with Gasteiger partial charge in [-0.1, -0.05) is 56.7 Å². The Labute approximate surface area is 158 Å². The smallest absolute Gasteiger partial charge is 0.408 e. The summed E-state index contributed by atoms with van der Waals surface area (Å²) in [5, 5.41) is 5.32. The molecule has 0 aliphatic carbocycles. The van der Waals surface area contributed by atoms with Gasteiger partial charge in [0.05, 0.1) is 0 Å². The van der Waals surface area contributed by atoms with Gasteiger partial charge in [-0.25, -0.2) is 9.18 Å². The molecule has 2 rings (SSSR count). The predicted octanol–water partition coefficient (Wildman–Crippen LogP) is 4.41. The first-order chi connectivity index (χ1) is 12.9. The highest BCUT2D eigenvalue weighted by Gasteiger charge is 2.27. The van der Waals surface area contributed by atoms with Crippen LogP contribution in [-0.2, 0) is 16.1 Å². The number of nitrogens with one attached hydrogen (secondary N) is 2. The summed E-state index contributed by atoms with van der Waals surface area (Å²) in [6, 6.07) is 13.0. The van der Waals surface area contributed by atoms with E-state index in [-0.39, 0.29) is 12.5 Å². The maximum absolute atomic E-state index is 13.7. The Morgan fingerprint density at radius 3 is 2.48 bits per heavy atom. The average Bonchev–Trinajstić information content (AvgIpc) is 2.68. The molecule has 0 aromatic heterocycles. The monoisotopic (exact) mass is 372 g/mol. The van der Waals surface area contributed by atoms with Crippen molar-refractivity contribution in [3.05, 3.63) is 65.5 Å². The third kappa shape index (κ3) is 5.81. The summed E-state index contributed by atoms with van der Waals surface area (Å²) in [5.74, 6) is -0.930. The fraction of sp³-hybridized carbons (Fsp3) is 0.333. The lowest BCUT2D eigenvalue weighted by atomic mass is 9.98. The Morgan fingerprint density at radius 2 is 1.81 bits per heavy atom. The summed E-state index contributed by atoms with van der Waals surface area (Å²) >= 11 is 0. The number of ether oxygens (including phenoxy) is 1. The molecule has 2 amide bonds. The van der Waals surface area contributed by atoms with Crippen molar-refractivity contribution in [3.63, 3.8) is 0 Å². The van der Waals surface area contributed by atoms with Crippen LogP contribution in [0.25, 0.3) is 0 Å². The van der Waals surface area contributed by atoms with Crippen LogP contribution >= 0.6 is 0 Å².